The Morgan fingerprint density at radius 2 is 2.04 bits per heavy atom. The molecular formula is C18H21N5. The van der Waals surface area contributed by atoms with Crippen LogP contribution in [0.15, 0.2) is 24.3 Å². The van der Waals surface area contributed by atoms with Gasteiger partial charge in [0.05, 0.1) is 17.0 Å². The molecule has 0 fully saturated rings. The van der Waals surface area contributed by atoms with Crippen molar-refractivity contribution in [3.8, 4) is 6.07 Å². The number of aromatic nitrogens is 3. The molecule has 0 aliphatic carbocycles. The van der Waals surface area contributed by atoms with Gasteiger partial charge in [0.25, 0.3) is 0 Å². The van der Waals surface area contributed by atoms with Gasteiger partial charge >= 0.3 is 0 Å². The van der Waals surface area contributed by atoms with Crippen molar-refractivity contribution in [3.05, 3.63) is 30.0 Å². The normalized spacial score (nSPS) is 11.9. The Balaban J connectivity index is 2.38. The largest absolute Gasteiger partial charge is 0.382 e. The van der Waals surface area contributed by atoms with Gasteiger partial charge < -0.3 is 5.73 Å². The number of rotatable bonds is 4. The first-order chi connectivity index (χ1) is 11.0. The van der Waals surface area contributed by atoms with Crippen LogP contribution in [-0.2, 0) is 13.0 Å². The number of aryl methyl sites for hydroxylation is 1. The summed E-state index contributed by atoms with van der Waals surface area (Å²) < 4.78 is 1.99. The Bertz CT molecular complexity index is 914. The molecule has 2 heterocycles. The average Bonchev–Trinajstić information content (AvgIpc) is 2.87. The van der Waals surface area contributed by atoms with Crippen molar-refractivity contribution in [2.24, 2.45) is 5.41 Å². The van der Waals surface area contributed by atoms with Gasteiger partial charge in [0.1, 0.15) is 5.52 Å². The molecule has 2 N–H and O–H groups in total. The molecule has 0 unspecified atom stereocenters. The number of nitrogen functional groups attached to an aromatic ring is 1. The standard InChI is InChI=1S/C18H21N5/c1-4-9-23-14(10-18(2,3)11-19)15-12-7-5-6-8-13(12)21-17(20)16(15)22-23/h5-8H,4,9-10H2,1-3H3,(H2,20,21). The van der Waals surface area contributed by atoms with Crippen molar-refractivity contribution in [2.45, 2.75) is 40.2 Å². The smallest absolute Gasteiger partial charge is 0.152 e. The van der Waals surface area contributed by atoms with E-state index in [2.05, 4.69) is 18.0 Å². The number of nitriles is 1. The second-order valence-corrected chi connectivity index (χ2v) is 6.58. The minimum Gasteiger partial charge on any atom is -0.382 e. The number of para-hydroxylation sites is 1. The van der Waals surface area contributed by atoms with Gasteiger partial charge in [-0.1, -0.05) is 25.1 Å². The Kier molecular flexibility index (Phi) is 3.69. The molecule has 23 heavy (non-hydrogen) atoms. The first-order valence-corrected chi connectivity index (χ1v) is 7.91. The Labute approximate surface area is 135 Å². The molecular weight excluding hydrogens is 286 g/mol. The molecule has 0 bridgehead atoms. The summed E-state index contributed by atoms with van der Waals surface area (Å²) in [6.07, 6.45) is 1.60. The zero-order chi connectivity index (χ0) is 16.6. The first-order valence-electron chi connectivity index (χ1n) is 7.91. The predicted molar refractivity (Wildman–Crippen MR) is 92.8 cm³/mol. The highest BCUT2D eigenvalue weighted by Gasteiger charge is 2.24. The Morgan fingerprint density at radius 1 is 1.30 bits per heavy atom. The highest BCUT2D eigenvalue weighted by molar-refractivity contribution is 6.09. The summed E-state index contributed by atoms with van der Waals surface area (Å²) in [6, 6.07) is 10.3. The van der Waals surface area contributed by atoms with E-state index < -0.39 is 5.41 Å². The number of fused-ring (bicyclic) bond motifs is 3. The van der Waals surface area contributed by atoms with Gasteiger partial charge in [0.2, 0.25) is 0 Å². The summed E-state index contributed by atoms with van der Waals surface area (Å²) in [6.45, 7) is 6.83. The van der Waals surface area contributed by atoms with Gasteiger partial charge in [-0.25, -0.2) is 4.98 Å². The SMILES string of the molecule is CCCn1nc2c(N)nc3ccccc3c2c1CC(C)(C)C#N. The molecule has 5 nitrogen and oxygen atoms in total. The summed E-state index contributed by atoms with van der Waals surface area (Å²) in [4.78, 5) is 4.47. The summed E-state index contributed by atoms with van der Waals surface area (Å²) in [5.41, 5.74) is 8.35. The van der Waals surface area contributed by atoms with Crippen molar-refractivity contribution >= 4 is 27.6 Å². The third-order valence-electron chi connectivity index (χ3n) is 4.06. The molecule has 3 aromatic rings. The van der Waals surface area contributed by atoms with Crippen molar-refractivity contribution in [2.75, 3.05) is 5.73 Å². The van der Waals surface area contributed by atoms with Crippen LogP contribution in [0.4, 0.5) is 5.82 Å². The summed E-state index contributed by atoms with van der Waals surface area (Å²) in [5, 5.41) is 16.2. The third-order valence-corrected chi connectivity index (χ3v) is 4.06. The van der Waals surface area contributed by atoms with Gasteiger partial charge in [-0.3, -0.25) is 4.68 Å². The van der Waals surface area contributed by atoms with Crippen LogP contribution < -0.4 is 5.73 Å². The van der Waals surface area contributed by atoms with E-state index in [4.69, 9.17) is 10.8 Å². The molecule has 2 aromatic heterocycles. The van der Waals surface area contributed by atoms with E-state index in [1.807, 2.05) is 42.8 Å². The molecule has 0 saturated carbocycles. The van der Waals surface area contributed by atoms with E-state index in [1.165, 1.54) is 0 Å². The van der Waals surface area contributed by atoms with Crippen molar-refractivity contribution in [1.82, 2.24) is 14.8 Å². The molecule has 0 radical (unpaired) electrons. The maximum absolute atomic E-state index is 9.44. The van der Waals surface area contributed by atoms with E-state index in [0.29, 0.717) is 12.2 Å². The highest BCUT2D eigenvalue weighted by Crippen LogP contribution is 2.33. The van der Waals surface area contributed by atoms with Gasteiger partial charge in [-0.05, 0) is 26.3 Å². The molecule has 0 atom stereocenters. The lowest BCUT2D eigenvalue weighted by Gasteiger charge is -2.17. The summed E-state index contributed by atoms with van der Waals surface area (Å²) >= 11 is 0. The second kappa shape index (κ2) is 5.54. The van der Waals surface area contributed by atoms with Gasteiger partial charge in [-0.15, -0.1) is 0 Å². The number of hydrogen-bond donors (Lipinski definition) is 1. The number of nitrogens with two attached hydrogens (primary N) is 1. The van der Waals surface area contributed by atoms with Crippen LogP contribution in [0.3, 0.4) is 0 Å². The monoisotopic (exact) mass is 307 g/mol. The quantitative estimate of drug-likeness (QED) is 0.797. The van der Waals surface area contributed by atoms with E-state index >= 15 is 0 Å². The third kappa shape index (κ3) is 2.61. The zero-order valence-corrected chi connectivity index (χ0v) is 13.8. The molecule has 118 valence electrons. The fourth-order valence-electron chi connectivity index (χ4n) is 2.96. The van der Waals surface area contributed by atoms with Crippen LogP contribution in [0.25, 0.3) is 21.8 Å². The maximum atomic E-state index is 9.44. The van der Waals surface area contributed by atoms with Crippen molar-refractivity contribution in [1.29, 1.82) is 5.26 Å². The van der Waals surface area contributed by atoms with E-state index in [9.17, 15) is 5.26 Å². The minimum absolute atomic E-state index is 0.449. The van der Waals surface area contributed by atoms with Crippen LogP contribution in [-0.4, -0.2) is 14.8 Å². The molecule has 0 spiro atoms. The van der Waals surface area contributed by atoms with Crippen molar-refractivity contribution in [3.63, 3.8) is 0 Å². The number of anilines is 1. The molecule has 5 heteroatoms. The number of benzene rings is 1. The lowest BCUT2D eigenvalue weighted by molar-refractivity contribution is 0.460. The molecule has 0 amide bonds. The lowest BCUT2D eigenvalue weighted by Crippen LogP contribution is -2.16. The van der Waals surface area contributed by atoms with E-state index in [1.54, 1.807) is 0 Å². The fraction of sp³-hybridized carbons (Fsp3) is 0.389. The maximum Gasteiger partial charge on any atom is 0.152 e. The van der Waals surface area contributed by atoms with Crippen LogP contribution in [0.1, 0.15) is 32.9 Å². The van der Waals surface area contributed by atoms with Crippen LogP contribution in [0.5, 0.6) is 0 Å². The highest BCUT2D eigenvalue weighted by atomic mass is 15.3. The minimum atomic E-state index is -0.461. The molecule has 0 aliphatic heterocycles. The average molecular weight is 307 g/mol. The molecule has 3 rings (SSSR count). The number of pyridine rings is 1. The predicted octanol–water partition coefficient (Wildman–Crippen LogP) is 3.67. The van der Waals surface area contributed by atoms with Gasteiger partial charge in [0, 0.05) is 29.4 Å². The topological polar surface area (TPSA) is 80.5 Å². The summed E-state index contributed by atoms with van der Waals surface area (Å²) in [5.74, 6) is 0.449. The van der Waals surface area contributed by atoms with Crippen LogP contribution in [0, 0.1) is 16.7 Å². The zero-order valence-electron chi connectivity index (χ0n) is 13.8. The molecule has 0 aliphatic rings. The Morgan fingerprint density at radius 3 is 2.74 bits per heavy atom. The van der Waals surface area contributed by atoms with Gasteiger partial charge in [-0.2, -0.15) is 10.4 Å². The lowest BCUT2D eigenvalue weighted by atomic mass is 9.88. The van der Waals surface area contributed by atoms with E-state index in [-0.39, 0.29) is 0 Å². The fourth-order valence-corrected chi connectivity index (χ4v) is 2.96. The molecule has 0 saturated heterocycles. The first kappa shape index (κ1) is 15.3. The number of hydrogen-bond acceptors (Lipinski definition) is 4. The number of nitrogens with zero attached hydrogens (tertiary/aromatic N) is 4. The van der Waals surface area contributed by atoms with Crippen molar-refractivity contribution < 1.29 is 0 Å². The molecule has 1 aromatic carbocycles. The van der Waals surface area contributed by atoms with Crippen LogP contribution >= 0.6 is 0 Å². The summed E-state index contributed by atoms with van der Waals surface area (Å²) in [7, 11) is 0. The van der Waals surface area contributed by atoms with Gasteiger partial charge in [0.15, 0.2) is 5.82 Å². The Hall–Kier alpha value is -2.61. The van der Waals surface area contributed by atoms with E-state index in [0.717, 1.165) is 40.5 Å². The second-order valence-electron chi connectivity index (χ2n) is 6.58. The van der Waals surface area contributed by atoms with Crippen LogP contribution in [0.2, 0.25) is 0 Å².